The lowest BCUT2D eigenvalue weighted by atomic mass is 10.0. The van der Waals surface area contributed by atoms with Crippen molar-refractivity contribution in [2.24, 2.45) is 0 Å². The number of para-hydroxylation sites is 2. The first kappa shape index (κ1) is 15.4. The Balaban J connectivity index is 1.85. The van der Waals surface area contributed by atoms with Crippen LogP contribution in [0.15, 0.2) is 60.4 Å². The van der Waals surface area contributed by atoms with Gasteiger partial charge in [-0.15, -0.1) is 0 Å². The number of amidine groups is 1. The molecule has 0 fully saturated rings. The summed E-state index contributed by atoms with van der Waals surface area (Å²) in [4.78, 5) is 9.38. The van der Waals surface area contributed by atoms with Crippen molar-refractivity contribution in [3.05, 3.63) is 71.7 Å². The SMILES string of the molecule is N=C1C(c2nc3ccccc3[nH]2)=C(O)[C@H](c2ccccc2)N1CCO. The van der Waals surface area contributed by atoms with E-state index in [0.717, 1.165) is 16.6 Å². The summed E-state index contributed by atoms with van der Waals surface area (Å²) in [6, 6.07) is 16.6. The molecule has 1 aromatic heterocycles. The first-order chi connectivity index (χ1) is 12.2. The van der Waals surface area contributed by atoms with Gasteiger partial charge in [0.2, 0.25) is 0 Å². The van der Waals surface area contributed by atoms with Gasteiger partial charge in [-0.1, -0.05) is 42.5 Å². The van der Waals surface area contributed by atoms with E-state index in [1.165, 1.54) is 0 Å². The van der Waals surface area contributed by atoms with Crippen molar-refractivity contribution >= 4 is 22.4 Å². The molecule has 0 saturated heterocycles. The fourth-order valence-electron chi connectivity index (χ4n) is 3.30. The Morgan fingerprint density at radius 3 is 2.52 bits per heavy atom. The lowest BCUT2D eigenvalue weighted by molar-refractivity contribution is 0.213. The topological polar surface area (TPSA) is 96.2 Å². The standard InChI is InChI=1S/C19H18N4O2/c20-18-15(19-21-13-8-4-5-9-14(13)22-19)17(25)16(23(18)10-11-24)12-6-2-1-3-7-12/h1-9,16,20,24-25H,10-11H2,(H,21,22)/t16-/m0/s1. The number of hydrogen-bond donors (Lipinski definition) is 4. The summed E-state index contributed by atoms with van der Waals surface area (Å²) in [7, 11) is 0. The van der Waals surface area contributed by atoms with Crippen molar-refractivity contribution in [2.45, 2.75) is 6.04 Å². The number of benzene rings is 2. The van der Waals surface area contributed by atoms with Gasteiger partial charge in [-0.05, 0) is 17.7 Å². The molecule has 0 unspecified atom stereocenters. The maximum atomic E-state index is 10.9. The van der Waals surface area contributed by atoms with Gasteiger partial charge in [-0.2, -0.15) is 0 Å². The average molecular weight is 334 g/mol. The Bertz CT molecular complexity index is 929. The van der Waals surface area contributed by atoms with Crippen molar-refractivity contribution < 1.29 is 10.2 Å². The van der Waals surface area contributed by atoms with Crippen LogP contribution in [0.2, 0.25) is 0 Å². The van der Waals surface area contributed by atoms with Crippen LogP contribution in [0, 0.1) is 5.41 Å². The first-order valence-electron chi connectivity index (χ1n) is 8.10. The number of aromatic nitrogens is 2. The number of hydrogen-bond acceptors (Lipinski definition) is 4. The Kier molecular flexibility index (Phi) is 3.74. The Morgan fingerprint density at radius 2 is 1.80 bits per heavy atom. The van der Waals surface area contributed by atoms with E-state index in [9.17, 15) is 10.2 Å². The highest BCUT2D eigenvalue weighted by atomic mass is 16.3. The zero-order valence-electron chi connectivity index (χ0n) is 13.5. The number of aliphatic hydroxyl groups excluding tert-OH is 2. The van der Waals surface area contributed by atoms with Crippen molar-refractivity contribution in [3.63, 3.8) is 0 Å². The number of nitrogens with zero attached hydrogens (tertiary/aromatic N) is 2. The van der Waals surface area contributed by atoms with Gasteiger partial charge in [0.05, 0.1) is 23.2 Å². The molecule has 1 aliphatic rings. The zero-order valence-corrected chi connectivity index (χ0v) is 13.5. The number of H-pyrrole nitrogens is 1. The van der Waals surface area contributed by atoms with Gasteiger partial charge in [-0.3, -0.25) is 5.41 Å². The molecule has 0 bridgehead atoms. The minimum absolute atomic E-state index is 0.0729. The lowest BCUT2D eigenvalue weighted by Crippen LogP contribution is -2.32. The molecule has 1 atom stereocenters. The number of imidazole rings is 1. The van der Waals surface area contributed by atoms with Crippen LogP contribution in [-0.2, 0) is 0 Å². The predicted octanol–water partition coefficient (Wildman–Crippen LogP) is 2.86. The largest absolute Gasteiger partial charge is 0.509 e. The van der Waals surface area contributed by atoms with Gasteiger partial charge < -0.3 is 20.1 Å². The van der Waals surface area contributed by atoms with Gasteiger partial charge in [0.1, 0.15) is 23.5 Å². The van der Waals surface area contributed by atoms with Crippen LogP contribution in [-0.4, -0.2) is 44.1 Å². The molecule has 6 nitrogen and oxygen atoms in total. The highest BCUT2D eigenvalue weighted by Crippen LogP contribution is 2.40. The highest BCUT2D eigenvalue weighted by Gasteiger charge is 2.39. The van der Waals surface area contributed by atoms with Crippen LogP contribution < -0.4 is 0 Å². The Labute approximate surface area is 144 Å². The number of fused-ring (bicyclic) bond motifs is 1. The maximum absolute atomic E-state index is 10.9. The summed E-state index contributed by atoms with van der Waals surface area (Å²) < 4.78 is 0. The summed E-state index contributed by atoms with van der Waals surface area (Å²) in [5.74, 6) is 0.688. The van der Waals surface area contributed by atoms with E-state index >= 15 is 0 Å². The monoisotopic (exact) mass is 334 g/mol. The molecule has 2 aromatic carbocycles. The van der Waals surface area contributed by atoms with Gasteiger partial charge in [0, 0.05) is 6.54 Å². The minimum atomic E-state index is -0.496. The quantitative estimate of drug-likeness (QED) is 0.590. The van der Waals surface area contributed by atoms with Crippen molar-refractivity contribution in [1.82, 2.24) is 14.9 Å². The first-order valence-corrected chi connectivity index (χ1v) is 8.10. The molecule has 1 aliphatic heterocycles. The minimum Gasteiger partial charge on any atom is -0.509 e. The van der Waals surface area contributed by atoms with Crippen LogP contribution in [0.4, 0.5) is 0 Å². The third-order valence-corrected chi connectivity index (χ3v) is 4.43. The van der Waals surface area contributed by atoms with E-state index in [2.05, 4.69) is 9.97 Å². The molecule has 25 heavy (non-hydrogen) atoms. The summed E-state index contributed by atoms with van der Waals surface area (Å²) in [6.07, 6.45) is 0. The molecule has 0 radical (unpaired) electrons. The second-order valence-corrected chi connectivity index (χ2v) is 5.94. The molecule has 0 aliphatic carbocycles. The summed E-state index contributed by atoms with van der Waals surface area (Å²) in [5, 5.41) is 28.8. The number of β-amino-alcohol motifs (C(OH)–C–C–N with tert-alkyl or cyclic N) is 1. The smallest absolute Gasteiger partial charge is 0.145 e. The predicted molar refractivity (Wildman–Crippen MR) is 96.3 cm³/mol. The van der Waals surface area contributed by atoms with Crippen LogP contribution in [0.25, 0.3) is 16.6 Å². The van der Waals surface area contributed by atoms with Crippen LogP contribution in [0.3, 0.4) is 0 Å². The molecule has 0 amide bonds. The molecule has 3 aromatic rings. The van der Waals surface area contributed by atoms with Crippen molar-refractivity contribution in [3.8, 4) is 0 Å². The van der Waals surface area contributed by atoms with E-state index in [1.54, 1.807) is 4.90 Å². The van der Waals surface area contributed by atoms with Gasteiger partial charge in [0.15, 0.2) is 0 Å². The Morgan fingerprint density at radius 1 is 1.08 bits per heavy atom. The van der Waals surface area contributed by atoms with E-state index in [-0.39, 0.29) is 24.7 Å². The summed E-state index contributed by atoms with van der Waals surface area (Å²) >= 11 is 0. The molecular weight excluding hydrogens is 316 g/mol. The van der Waals surface area contributed by atoms with Crippen molar-refractivity contribution in [2.75, 3.05) is 13.2 Å². The van der Waals surface area contributed by atoms with Gasteiger partial charge >= 0.3 is 0 Å². The molecule has 126 valence electrons. The van der Waals surface area contributed by atoms with E-state index in [4.69, 9.17) is 5.41 Å². The Hall–Kier alpha value is -3.12. The fraction of sp³-hybridized carbons (Fsp3) is 0.158. The van der Waals surface area contributed by atoms with Crippen molar-refractivity contribution in [1.29, 1.82) is 5.41 Å². The lowest BCUT2D eigenvalue weighted by Gasteiger charge is -2.26. The second-order valence-electron chi connectivity index (χ2n) is 5.94. The molecule has 6 heteroatoms. The molecule has 4 N–H and O–H groups in total. The number of rotatable bonds is 4. The molecule has 4 rings (SSSR count). The number of aromatic amines is 1. The molecule has 0 spiro atoms. The van der Waals surface area contributed by atoms with E-state index in [0.29, 0.717) is 11.4 Å². The summed E-state index contributed by atoms with van der Waals surface area (Å²) in [5.41, 5.74) is 2.87. The van der Waals surface area contributed by atoms with Crippen LogP contribution in [0.5, 0.6) is 0 Å². The van der Waals surface area contributed by atoms with Crippen LogP contribution in [0.1, 0.15) is 17.4 Å². The molecule has 2 heterocycles. The maximum Gasteiger partial charge on any atom is 0.145 e. The van der Waals surface area contributed by atoms with E-state index < -0.39 is 6.04 Å². The zero-order chi connectivity index (χ0) is 17.4. The van der Waals surface area contributed by atoms with Gasteiger partial charge in [-0.25, -0.2) is 4.98 Å². The fourth-order valence-corrected chi connectivity index (χ4v) is 3.30. The van der Waals surface area contributed by atoms with Crippen LogP contribution >= 0.6 is 0 Å². The third kappa shape index (κ3) is 2.47. The summed E-state index contributed by atoms with van der Waals surface area (Å²) in [6.45, 7) is 0.151. The average Bonchev–Trinajstić information content (AvgIpc) is 3.15. The highest BCUT2D eigenvalue weighted by molar-refractivity contribution is 6.23. The van der Waals surface area contributed by atoms with E-state index in [1.807, 2.05) is 54.6 Å². The van der Waals surface area contributed by atoms with Gasteiger partial charge in [0.25, 0.3) is 0 Å². The third-order valence-electron chi connectivity index (χ3n) is 4.43. The number of aliphatic hydroxyl groups is 2. The molecular formula is C19H18N4O2. The second kappa shape index (κ2) is 6.07. The number of nitrogens with one attached hydrogen (secondary N) is 2. The normalized spacial score (nSPS) is 17.7. The molecule has 0 saturated carbocycles.